The number of halogens is 4. The van der Waals surface area contributed by atoms with Crippen molar-refractivity contribution in [3.63, 3.8) is 0 Å². The first-order valence-electron chi connectivity index (χ1n) is 9.44. The van der Waals surface area contributed by atoms with Gasteiger partial charge in [0.1, 0.15) is 0 Å². The maximum Gasteiger partial charge on any atom is 0.416 e. The molecule has 0 atom stereocenters. The maximum absolute atomic E-state index is 13.1. The predicted molar refractivity (Wildman–Crippen MR) is 115 cm³/mol. The van der Waals surface area contributed by atoms with Gasteiger partial charge in [0, 0.05) is 18.1 Å². The van der Waals surface area contributed by atoms with Crippen LogP contribution in [-0.4, -0.2) is 18.7 Å². The van der Waals surface area contributed by atoms with Gasteiger partial charge in [0.25, 0.3) is 5.56 Å². The van der Waals surface area contributed by atoms with Crippen LogP contribution in [0.15, 0.2) is 77.1 Å². The van der Waals surface area contributed by atoms with E-state index in [4.69, 9.17) is 11.6 Å². The van der Waals surface area contributed by atoms with Gasteiger partial charge in [-0.2, -0.15) is 13.2 Å². The minimum atomic E-state index is -4.49. The Labute approximate surface area is 184 Å². The van der Waals surface area contributed by atoms with Crippen molar-refractivity contribution < 1.29 is 13.2 Å². The number of fused-ring (bicyclic) bond motifs is 1. The zero-order valence-electron chi connectivity index (χ0n) is 16.5. The van der Waals surface area contributed by atoms with Crippen molar-refractivity contribution in [1.29, 1.82) is 0 Å². The number of hydrogen-bond acceptors (Lipinski definition) is 3. The third-order valence-electron chi connectivity index (χ3n) is 4.89. The number of allylic oxidation sites excluding steroid dienone is 1. The topological polar surface area (TPSA) is 61.8 Å². The van der Waals surface area contributed by atoms with Crippen molar-refractivity contribution in [3.8, 4) is 5.69 Å². The first kappa shape index (κ1) is 21.6. The van der Waals surface area contributed by atoms with Crippen LogP contribution in [0.5, 0.6) is 0 Å². The lowest BCUT2D eigenvalue weighted by Crippen LogP contribution is -2.39. The quantitative estimate of drug-likeness (QED) is 0.418. The molecule has 2 aromatic carbocycles. The smallest absolute Gasteiger partial charge is 0.320 e. The summed E-state index contributed by atoms with van der Waals surface area (Å²) in [6, 6.07) is 11.3. The Hall–Kier alpha value is -3.59. The van der Waals surface area contributed by atoms with Gasteiger partial charge < -0.3 is 4.57 Å². The van der Waals surface area contributed by atoms with E-state index in [-0.39, 0.29) is 24.3 Å². The molecule has 6 nitrogen and oxygen atoms in total. The van der Waals surface area contributed by atoms with Crippen molar-refractivity contribution in [2.24, 2.45) is 0 Å². The van der Waals surface area contributed by atoms with Gasteiger partial charge in [0.2, 0.25) is 0 Å². The van der Waals surface area contributed by atoms with Gasteiger partial charge in [-0.05, 0) is 35.9 Å². The van der Waals surface area contributed by atoms with Crippen LogP contribution in [-0.2, 0) is 19.3 Å². The van der Waals surface area contributed by atoms with Gasteiger partial charge in [-0.1, -0.05) is 35.9 Å². The van der Waals surface area contributed by atoms with E-state index in [9.17, 15) is 22.8 Å². The second-order valence-electron chi connectivity index (χ2n) is 7.05. The molecule has 0 aliphatic heterocycles. The van der Waals surface area contributed by atoms with E-state index in [1.807, 2.05) is 0 Å². The first-order valence-corrected chi connectivity index (χ1v) is 9.82. The standard InChI is InChI=1S/C22H16ClF3N4O2/c1-2-9-29-20(31)18-19(30(21(29)32)17-8-4-7-16(23)11-17)27-13-28(18)12-14-5-3-6-15(10-14)22(24,25)26/h2-8,10-11,13H,1,9,12H2. The van der Waals surface area contributed by atoms with Crippen LogP contribution in [0.2, 0.25) is 5.02 Å². The van der Waals surface area contributed by atoms with Crippen molar-refractivity contribution in [2.45, 2.75) is 19.3 Å². The number of aromatic nitrogens is 4. The van der Waals surface area contributed by atoms with E-state index >= 15 is 0 Å². The van der Waals surface area contributed by atoms with E-state index in [2.05, 4.69) is 11.6 Å². The highest BCUT2D eigenvalue weighted by molar-refractivity contribution is 6.30. The van der Waals surface area contributed by atoms with Gasteiger partial charge in [-0.15, -0.1) is 6.58 Å². The highest BCUT2D eigenvalue weighted by Gasteiger charge is 2.30. The average molecular weight is 461 g/mol. The van der Waals surface area contributed by atoms with Crippen LogP contribution in [0.4, 0.5) is 13.2 Å². The summed E-state index contributed by atoms with van der Waals surface area (Å²) >= 11 is 6.08. The van der Waals surface area contributed by atoms with Gasteiger partial charge in [0.05, 0.1) is 17.6 Å². The van der Waals surface area contributed by atoms with E-state index in [0.29, 0.717) is 16.3 Å². The summed E-state index contributed by atoms with van der Waals surface area (Å²) < 4.78 is 42.9. The molecule has 0 aliphatic carbocycles. The molecule has 0 bridgehead atoms. The van der Waals surface area contributed by atoms with Gasteiger partial charge in [0.15, 0.2) is 11.2 Å². The zero-order chi connectivity index (χ0) is 23.0. The summed E-state index contributed by atoms with van der Waals surface area (Å²) in [6.45, 7) is 3.49. The minimum Gasteiger partial charge on any atom is -0.320 e. The maximum atomic E-state index is 13.1. The van der Waals surface area contributed by atoms with Crippen molar-refractivity contribution in [1.82, 2.24) is 18.7 Å². The molecule has 164 valence electrons. The summed E-state index contributed by atoms with van der Waals surface area (Å²) in [4.78, 5) is 30.4. The number of rotatable bonds is 5. The molecule has 32 heavy (non-hydrogen) atoms. The average Bonchev–Trinajstić information content (AvgIpc) is 3.14. The molecular weight excluding hydrogens is 445 g/mol. The van der Waals surface area contributed by atoms with Crippen molar-refractivity contribution in [2.75, 3.05) is 0 Å². The summed E-state index contributed by atoms with van der Waals surface area (Å²) in [5.41, 5.74) is -1.16. The third-order valence-corrected chi connectivity index (χ3v) is 5.12. The second kappa shape index (κ2) is 8.16. The Kier molecular flexibility index (Phi) is 5.52. The molecule has 0 saturated carbocycles. The Bertz CT molecular complexity index is 1450. The van der Waals surface area contributed by atoms with Gasteiger partial charge in [-0.25, -0.2) is 14.3 Å². The summed E-state index contributed by atoms with van der Waals surface area (Å²) in [5, 5.41) is 0.382. The van der Waals surface area contributed by atoms with E-state index < -0.39 is 23.0 Å². The highest BCUT2D eigenvalue weighted by Crippen LogP contribution is 2.29. The lowest BCUT2D eigenvalue weighted by atomic mass is 10.1. The van der Waals surface area contributed by atoms with Crippen LogP contribution >= 0.6 is 11.6 Å². The highest BCUT2D eigenvalue weighted by atomic mass is 35.5. The molecule has 0 saturated heterocycles. The number of benzene rings is 2. The number of alkyl halides is 3. The number of hydrogen-bond donors (Lipinski definition) is 0. The molecule has 0 spiro atoms. The van der Waals surface area contributed by atoms with E-state index in [0.717, 1.165) is 16.7 Å². The normalized spacial score (nSPS) is 11.8. The molecule has 0 fully saturated rings. The molecule has 0 N–H and O–H groups in total. The lowest BCUT2D eigenvalue weighted by Gasteiger charge is -2.12. The molecule has 10 heteroatoms. The van der Waals surface area contributed by atoms with Crippen molar-refractivity contribution >= 4 is 22.8 Å². The molecule has 2 heterocycles. The predicted octanol–water partition coefficient (Wildman–Crippen LogP) is 4.26. The SMILES string of the molecule is C=CCn1c(=O)c2c(ncn2Cc2cccc(C(F)(F)F)c2)n(-c2cccc(Cl)c2)c1=O. The summed E-state index contributed by atoms with van der Waals surface area (Å²) in [6.07, 6.45) is -1.76. The summed E-state index contributed by atoms with van der Waals surface area (Å²) in [7, 11) is 0. The fourth-order valence-corrected chi connectivity index (χ4v) is 3.66. The van der Waals surface area contributed by atoms with E-state index in [1.165, 1.54) is 33.7 Å². The molecule has 0 radical (unpaired) electrons. The van der Waals surface area contributed by atoms with Gasteiger partial charge >= 0.3 is 11.9 Å². The van der Waals surface area contributed by atoms with Crippen LogP contribution in [0, 0.1) is 0 Å². The molecule has 4 rings (SSSR count). The Balaban J connectivity index is 1.95. The molecule has 0 unspecified atom stereocenters. The van der Waals surface area contributed by atoms with Crippen LogP contribution < -0.4 is 11.2 Å². The second-order valence-corrected chi connectivity index (χ2v) is 7.48. The minimum absolute atomic E-state index is 0.0441. The summed E-state index contributed by atoms with van der Waals surface area (Å²) in [5.74, 6) is 0. The fraction of sp³-hybridized carbons (Fsp3) is 0.136. The number of imidazole rings is 1. The van der Waals surface area contributed by atoms with Crippen molar-refractivity contribution in [3.05, 3.63) is 105 Å². The molecular formula is C22H16ClF3N4O2. The zero-order valence-corrected chi connectivity index (χ0v) is 17.3. The monoisotopic (exact) mass is 460 g/mol. The van der Waals surface area contributed by atoms with Crippen LogP contribution in [0.1, 0.15) is 11.1 Å². The molecule has 2 aromatic heterocycles. The Morgan fingerprint density at radius 2 is 1.84 bits per heavy atom. The first-order chi connectivity index (χ1) is 15.2. The van der Waals surface area contributed by atoms with Crippen LogP contribution in [0.25, 0.3) is 16.9 Å². The third kappa shape index (κ3) is 3.87. The Morgan fingerprint density at radius 3 is 2.53 bits per heavy atom. The molecule has 0 aliphatic rings. The molecule has 0 amide bonds. The largest absolute Gasteiger partial charge is 0.416 e. The molecule has 4 aromatic rings. The van der Waals surface area contributed by atoms with Crippen LogP contribution in [0.3, 0.4) is 0 Å². The fourth-order valence-electron chi connectivity index (χ4n) is 3.48. The van der Waals surface area contributed by atoms with Gasteiger partial charge in [-0.3, -0.25) is 9.36 Å². The lowest BCUT2D eigenvalue weighted by molar-refractivity contribution is -0.137. The Morgan fingerprint density at radius 1 is 1.09 bits per heavy atom. The van der Waals surface area contributed by atoms with E-state index in [1.54, 1.807) is 24.3 Å². The number of nitrogens with zero attached hydrogens (tertiary/aromatic N) is 4.